The molecule has 1 unspecified atom stereocenters. The number of alkyl halides is 3. The minimum absolute atomic E-state index is 0.0223. The van der Waals surface area contributed by atoms with Gasteiger partial charge in [-0.2, -0.15) is 13.2 Å². The summed E-state index contributed by atoms with van der Waals surface area (Å²) in [7, 11) is 0. The zero-order valence-corrected chi connectivity index (χ0v) is 14.7. The van der Waals surface area contributed by atoms with Crippen molar-refractivity contribution >= 4 is 17.5 Å². The molecule has 0 bridgehead atoms. The summed E-state index contributed by atoms with van der Waals surface area (Å²) in [6, 6.07) is -1.25. The molecule has 2 aliphatic rings. The molecule has 12 heteroatoms. The Morgan fingerprint density at radius 1 is 1.21 bits per heavy atom. The molecule has 3 heterocycles. The second-order valence-corrected chi connectivity index (χ2v) is 6.87. The van der Waals surface area contributed by atoms with E-state index in [1.54, 1.807) is 0 Å². The summed E-state index contributed by atoms with van der Waals surface area (Å²) in [4.78, 5) is 28.5. The van der Waals surface area contributed by atoms with E-state index in [1.807, 2.05) is 0 Å². The lowest BCUT2D eigenvalue weighted by molar-refractivity contribution is -0.168. The molecular formula is C17H14F5N5O2. The molecule has 0 aliphatic carbocycles. The third-order valence-corrected chi connectivity index (χ3v) is 4.93. The van der Waals surface area contributed by atoms with E-state index < -0.39 is 47.5 Å². The van der Waals surface area contributed by atoms with Crippen molar-refractivity contribution in [3.63, 3.8) is 0 Å². The van der Waals surface area contributed by atoms with E-state index in [-0.39, 0.29) is 42.8 Å². The quantitative estimate of drug-likeness (QED) is 0.737. The van der Waals surface area contributed by atoms with Crippen LogP contribution < -0.4 is 10.6 Å². The lowest BCUT2D eigenvalue weighted by Gasteiger charge is -2.15. The molecule has 0 saturated heterocycles. The van der Waals surface area contributed by atoms with E-state index in [9.17, 15) is 31.5 Å². The number of hydrogen-bond donors (Lipinski definition) is 2. The second kappa shape index (κ2) is 6.78. The number of carbonyl (C=O) groups excluding carboxylic acids is 2. The first-order chi connectivity index (χ1) is 13.6. The van der Waals surface area contributed by atoms with Gasteiger partial charge in [0.25, 0.3) is 5.91 Å². The first-order valence-corrected chi connectivity index (χ1v) is 8.75. The molecule has 4 rings (SSSR count). The maximum atomic E-state index is 13.9. The third-order valence-electron chi connectivity index (χ3n) is 4.93. The third kappa shape index (κ3) is 3.54. The monoisotopic (exact) mass is 415 g/mol. The number of nitrogens with zero attached hydrogens (tertiary/aromatic N) is 3. The number of anilines is 1. The summed E-state index contributed by atoms with van der Waals surface area (Å²) in [5, 5.41) is 8.30. The summed E-state index contributed by atoms with van der Waals surface area (Å²) in [6.45, 7) is 0. The van der Waals surface area contributed by atoms with E-state index in [0.29, 0.717) is 10.7 Å². The van der Waals surface area contributed by atoms with Crippen LogP contribution in [0.1, 0.15) is 40.9 Å². The summed E-state index contributed by atoms with van der Waals surface area (Å²) in [5.74, 6) is -3.85. The molecule has 2 N–H and O–H groups in total. The predicted molar refractivity (Wildman–Crippen MR) is 88.0 cm³/mol. The van der Waals surface area contributed by atoms with Crippen LogP contribution in [0.25, 0.3) is 0 Å². The van der Waals surface area contributed by atoms with Gasteiger partial charge in [-0.1, -0.05) is 0 Å². The van der Waals surface area contributed by atoms with Gasteiger partial charge in [0.1, 0.15) is 29.5 Å². The topological polar surface area (TPSA) is 88.9 Å². The van der Waals surface area contributed by atoms with Crippen molar-refractivity contribution in [2.24, 2.45) is 0 Å². The highest BCUT2D eigenvalue weighted by Gasteiger charge is 2.46. The smallest absolute Gasteiger partial charge is 0.337 e. The van der Waals surface area contributed by atoms with Crippen molar-refractivity contribution in [2.75, 3.05) is 5.32 Å². The van der Waals surface area contributed by atoms with Crippen molar-refractivity contribution in [2.45, 2.75) is 43.9 Å². The van der Waals surface area contributed by atoms with Crippen LogP contribution in [0.15, 0.2) is 12.1 Å². The van der Waals surface area contributed by atoms with Gasteiger partial charge in [-0.15, -0.1) is 5.10 Å². The standard InChI is InChI=1S/C17H14F5N5O2/c18-8-5-7-1-2-10(15(28)25-13(7)9(19)6-8)23-16(29)14-24-12-4-3-11(17(20,21)22)27(12)26-14/h5-6,10-11H,1-4H2,(H,23,29)(H,25,28)/t10-,11?/m0/s1. The van der Waals surface area contributed by atoms with Crippen LogP contribution >= 0.6 is 0 Å². The SMILES string of the molecule is O=C(N[C@H]1CCc2cc(F)cc(F)c2NC1=O)c1nc2n(n1)C(C(F)(F)F)CC2. The fourth-order valence-corrected chi connectivity index (χ4v) is 3.53. The van der Waals surface area contributed by atoms with Crippen molar-refractivity contribution in [1.82, 2.24) is 20.1 Å². The van der Waals surface area contributed by atoms with E-state index >= 15 is 0 Å². The highest BCUT2D eigenvalue weighted by Crippen LogP contribution is 2.38. The summed E-state index contributed by atoms with van der Waals surface area (Å²) in [5.41, 5.74) is 0.0694. The van der Waals surface area contributed by atoms with Crippen LogP contribution in [0.4, 0.5) is 27.6 Å². The van der Waals surface area contributed by atoms with E-state index in [4.69, 9.17) is 0 Å². The Morgan fingerprint density at radius 3 is 2.69 bits per heavy atom. The zero-order chi connectivity index (χ0) is 20.9. The number of rotatable bonds is 2. The van der Waals surface area contributed by atoms with Crippen molar-refractivity contribution in [1.29, 1.82) is 0 Å². The van der Waals surface area contributed by atoms with Gasteiger partial charge in [0, 0.05) is 12.5 Å². The Kier molecular flexibility index (Phi) is 4.50. The maximum Gasteiger partial charge on any atom is 0.410 e. The minimum Gasteiger partial charge on any atom is -0.337 e. The molecule has 2 atom stereocenters. The van der Waals surface area contributed by atoms with Gasteiger partial charge in [0.2, 0.25) is 11.7 Å². The molecule has 2 amide bonds. The highest BCUT2D eigenvalue weighted by molar-refractivity contribution is 6.00. The molecule has 154 valence electrons. The summed E-state index contributed by atoms with van der Waals surface area (Å²) >= 11 is 0. The Morgan fingerprint density at radius 2 is 1.97 bits per heavy atom. The van der Waals surface area contributed by atoms with Crippen LogP contribution in [-0.4, -0.2) is 38.8 Å². The van der Waals surface area contributed by atoms with E-state index in [0.717, 1.165) is 6.07 Å². The Balaban J connectivity index is 1.50. The first kappa shape index (κ1) is 19.3. The largest absolute Gasteiger partial charge is 0.410 e. The van der Waals surface area contributed by atoms with E-state index in [1.165, 1.54) is 0 Å². The molecule has 2 aromatic rings. The number of nitrogens with one attached hydrogen (secondary N) is 2. The van der Waals surface area contributed by atoms with Gasteiger partial charge >= 0.3 is 6.18 Å². The molecule has 0 spiro atoms. The average molecular weight is 415 g/mol. The lowest BCUT2D eigenvalue weighted by Crippen LogP contribution is -2.43. The molecular weight excluding hydrogens is 401 g/mol. The van der Waals surface area contributed by atoms with Crippen LogP contribution in [0.2, 0.25) is 0 Å². The van der Waals surface area contributed by atoms with Crippen LogP contribution in [0.3, 0.4) is 0 Å². The molecule has 0 radical (unpaired) electrons. The predicted octanol–water partition coefficient (Wildman–Crippen LogP) is 2.29. The molecule has 7 nitrogen and oxygen atoms in total. The van der Waals surface area contributed by atoms with Crippen molar-refractivity contribution in [3.8, 4) is 0 Å². The maximum absolute atomic E-state index is 13.9. The molecule has 29 heavy (non-hydrogen) atoms. The summed E-state index contributed by atoms with van der Waals surface area (Å²) < 4.78 is 67.0. The minimum atomic E-state index is -4.51. The lowest BCUT2D eigenvalue weighted by atomic mass is 10.1. The number of fused-ring (bicyclic) bond motifs is 2. The number of amides is 2. The Hall–Kier alpha value is -3.05. The summed E-state index contributed by atoms with van der Waals surface area (Å²) in [6.07, 6.45) is -4.57. The van der Waals surface area contributed by atoms with Gasteiger partial charge < -0.3 is 10.6 Å². The Labute approximate surface area is 160 Å². The van der Waals surface area contributed by atoms with Gasteiger partial charge in [-0.05, 0) is 30.9 Å². The molecule has 1 aromatic heterocycles. The molecule has 2 aliphatic heterocycles. The van der Waals surface area contributed by atoms with E-state index in [2.05, 4.69) is 20.7 Å². The van der Waals surface area contributed by atoms with Crippen molar-refractivity contribution in [3.05, 3.63) is 41.0 Å². The Bertz CT molecular complexity index is 1000. The zero-order valence-electron chi connectivity index (χ0n) is 14.7. The fourth-order valence-electron chi connectivity index (χ4n) is 3.53. The fraction of sp³-hybridized carbons (Fsp3) is 0.412. The van der Waals surface area contributed by atoms with Gasteiger partial charge in [0.15, 0.2) is 0 Å². The van der Waals surface area contributed by atoms with Crippen LogP contribution in [-0.2, 0) is 17.6 Å². The molecule has 0 saturated carbocycles. The highest BCUT2D eigenvalue weighted by atomic mass is 19.4. The number of aromatic nitrogens is 3. The first-order valence-electron chi connectivity index (χ1n) is 8.75. The number of hydrogen-bond acceptors (Lipinski definition) is 4. The van der Waals surface area contributed by atoms with Crippen molar-refractivity contribution < 1.29 is 31.5 Å². The number of halogens is 5. The van der Waals surface area contributed by atoms with Crippen LogP contribution in [0.5, 0.6) is 0 Å². The normalized spacial score (nSPS) is 21.2. The molecule has 0 fully saturated rings. The molecule has 1 aromatic carbocycles. The van der Waals surface area contributed by atoms with Gasteiger partial charge in [0.05, 0.1) is 5.69 Å². The number of benzene rings is 1. The van der Waals surface area contributed by atoms with Gasteiger partial charge in [-0.3, -0.25) is 9.59 Å². The van der Waals surface area contributed by atoms with Crippen LogP contribution in [0, 0.1) is 11.6 Å². The average Bonchev–Trinajstić information content (AvgIpc) is 3.16. The second-order valence-electron chi connectivity index (χ2n) is 6.87. The van der Waals surface area contributed by atoms with Gasteiger partial charge in [-0.25, -0.2) is 18.4 Å². The number of aryl methyl sites for hydroxylation is 2. The number of carbonyl (C=O) groups is 2.